The van der Waals surface area contributed by atoms with E-state index in [4.69, 9.17) is 11.6 Å². The number of carbonyl (C=O) groups excluding carboxylic acids is 2. The highest BCUT2D eigenvalue weighted by Gasteiger charge is 2.33. The third-order valence-corrected chi connectivity index (χ3v) is 8.82. The SMILES string of the molecule is O=C1Nc2cc(C(=O)N3CCN(c4cccc(C(F)(F)F)c4)CC3)ccc2NC1CS(=O)(=O)Cc1cccc(Cl)c1. The molecule has 0 radical (unpaired) electrons. The summed E-state index contributed by atoms with van der Waals surface area (Å²) in [5.41, 5.74) is 1.40. The summed E-state index contributed by atoms with van der Waals surface area (Å²) in [5.74, 6) is -1.51. The molecule has 2 aliphatic rings. The molecule has 0 spiro atoms. The number of hydrogen-bond acceptors (Lipinski definition) is 6. The van der Waals surface area contributed by atoms with E-state index in [1.54, 1.807) is 52.3 Å². The number of sulfone groups is 1. The molecule has 2 aliphatic heterocycles. The number of halogens is 4. The van der Waals surface area contributed by atoms with Crippen molar-refractivity contribution in [3.63, 3.8) is 0 Å². The van der Waals surface area contributed by atoms with Crippen LogP contribution in [0.2, 0.25) is 5.02 Å². The van der Waals surface area contributed by atoms with Crippen LogP contribution in [0.1, 0.15) is 21.5 Å². The maximum absolute atomic E-state index is 13.2. The summed E-state index contributed by atoms with van der Waals surface area (Å²) in [5, 5.41) is 6.07. The summed E-state index contributed by atoms with van der Waals surface area (Å²) in [4.78, 5) is 29.3. The van der Waals surface area contributed by atoms with E-state index in [1.807, 2.05) is 0 Å². The van der Waals surface area contributed by atoms with Crippen molar-refractivity contribution >= 4 is 50.3 Å². The molecule has 1 fully saturated rings. The number of amides is 2. The molecule has 1 saturated heterocycles. The number of piperazine rings is 1. The Morgan fingerprint density at radius 1 is 0.951 bits per heavy atom. The summed E-state index contributed by atoms with van der Waals surface area (Å²) in [7, 11) is -3.66. The fraction of sp³-hybridized carbons (Fsp3) is 0.286. The molecule has 2 heterocycles. The second-order valence-corrected chi connectivity index (χ2v) is 12.5. The van der Waals surface area contributed by atoms with Gasteiger partial charge in [-0.05, 0) is 54.1 Å². The Hall–Kier alpha value is -3.77. The maximum Gasteiger partial charge on any atom is 0.416 e. The van der Waals surface area contributed by atoms with Gasteiger partial charge in [-0.2, -0.15) is 13.2 Å². The molecule has 13 heteroatoms. The molecule has 41 heavy (non-hydrogen) atoms. The number of benzene rings is 3. The van der Waals surface area contributed by atoms with Gasteiger partial charge >= 0.3 is 6.18 Å². The van der Waals surface area contributed by atoms with Crippen LogP contribution >= 0.6 is 11.6 Å². The predicted octanol–water partition coefficient (Wildman–Crippen LogP) is 4.67. The average Bonchev–Trinajstić information content (AvgIpc) is 2.92. The average molecular weight is 607 g/mol. The molecule has 5 rings (SSSR count). The zero-order chi connectivity index (χ0) is 29.4. The van der Waals surface area contributed by atoms with E-state index < -0.39 is 39.3 Å². The number of nitrogens with zero attached hydrogens (tertiary/aromatic N) is 2. The molecule has 0 saturated carbocycles. The lowest BCUT2D eigenvalue weighted by molar-refractivity contribution is -0.137. The van der Waals surface area contributed by atoms with Crippen LogP contribution in [0.3, 0.4) is 0 Å². The minimum absolute atomic E-state index is 0.264. The molecule has 2 N–H and O–H groups in total. The molecular weight excluding hydrogens is 581 g/mol. The van der Waals surface area contributed by atoms with E-state index in [1.165, 1.54) is 12.1 Å². The smallest absolute Gasteiger partial charge is 0.371 e. The fourth-order valence-corrected chi connectivity index (χ4v) is 6.68. The highest BCUT2D eigenvalue weighted by atomic mass is 35.5. The Morgan fingerprint density at radius 2 is 1.68 bits per heavy atom. The third-order valence-electron chi connectivity index (χ3n) is 6.97. The number of fused-ring (bicyclic) bond motifs is 1. The lowest BCUT2D eigenvalue weighted by Crippen LogP contribution is -2.49. The zero-order valence-corrected chi connectivity index (χ0v) is 23.2. The number of alkyl halides is 3. The number of rotatable bonds is 6. The van der Waals surface area contributed by atoms with Crippen molar-refractivity contribution in [2.24, 2.45) is 0 Å². The normalized spacial score (nSPS) is 17.5. The second-order valence-electron chi connectivity index (χ2n) is 9.96. The van der Waals surface area contributed by atoms with E-state index in [0.717, 1.165) is 12.1 Å². The largest absolute Gasteiger partial charge is 0.416 e. The van der Waals surface area contributed by atoms with Crippen molar-refractivity contribution < 1.29 is 31.2 Å². The fourth-order valence-electron chi connectivity index (χ4n) is 4.92. The first-order valence-electron chi connectivity index (χ1n) is 12.8. The van der Waals surface area contributed by atoms with Gasteiger partial charge in [-0.25, -0.2) is 8.42 Å². The van der Waals surface area contributed by atoms with Crippen molar-refractivity contribution in [2.75, 3.05) is 47.5 Å². The lowest BCUT2D eigenvalue weighted by atomic mass is 10.1. The van der Waals surface area contributed by atoms with Crippen molar-refractivity contribution in [2.45, 2.75) is 18.0 Å². The van der Waals surface area contributed by atoms with Gasteiger partial charge in [-0.15, -0.1) is 0 Å². The summed E-state index contributed by atoms with van der Waals surface area (Å²) in [6.07, 6.45) is -4.43. The first-order valence-corrected chi connectivity index (χ1v) is 15.0. The predicted molar refractivity (Wildman–Crippen MR) is 151 cm³/mol. The first-order chi connectivity index (χ1) is 19.4. The summed E-state index contributed by atoms with van der Waals surface area (Å²) in [6, 6.07) is 15.3. The van der Waals surface area contributed by atoms with Gasteiger partial charge in [0.2, 0.25) is 5.91 Å². The molecule has 2 amide bonds. The van der Waals surface area contributed by atoms with Crippen molar-refractivity contribution in [1.82, 2.24) is 4.90 Å². The van der Waals surface area contributed by atoms with Crippen LogP contribution in [0.4, 0.5) is 30.2 Å². The minimum atomic E-state index is -4.43. The topological polar surface area (TPSA) is 98.8 Å². The number of hydrogen-bond donors (Lipinski definition) is 2. The van der Waals surface area contributed by atoms with E-state index >= 15 is 0 Å². The molecule has 0 bridgehead atoms. The van der Waals surface area contributed by atoms with Crippen LogP contribution in [0.5, 0.6) is 0 Å². The lowest BCUT2D eigenvalue weighted by Gasteiger charge is -2.36. The number of anilines is 3. The van der Waals surface area contributed by atoms with Gasteiger partial charge in [0.05, 0.1) is 28.4 Å². The van der Waals surface area contributed by atoms with E-state index in [0.29, 0.717) is 59.4 Å². The van der Waals surface area contributed by atoms with Gasteiger partial charge in [0.15, 0.2) is 9.84 Å². The van der Waals surface area contributed by atoms with Crippen LogP contribution in [-0.2, 0) is 26.6 Å². The molecule has 3 aromatic carbocycles. The summed E-state index contributed by atoms with van der Waals surface area (Å²) >= 11 is 5.95. The third kappa shape index (κ3) is 6.76. The van der Waals surface area contributed by atoms with Gasteiger partial charge < -0.3 is 20.4 Å². The van der Waals surface area contributed by atoms with Gasteiger partial charge in [-0.1, -0.05) is 29.8 Å². The van der Waals surface area contributed by atoms with Crippen LogP contribution < -0.4 is 15.5 Å². The Labute approximate surface area is 240 Å². The Bertz CT molecular complexity index is 1590. The molecule has 1 unspecified atom stereocenters. The van der Waals surface area contributed by atoms with Crippen molar-refractivity contribution in [3.05, 3.63) is 88.4 Å². The highest BCUT2D eigenvalue weighted by Crippen LogP contribution is 2.32. The summed E-state index contributed by atoms with van der Waals surface area (Å²) in [6.45, 7) is 1.34. The van der Waals surface area contributed by atoms with Gasteiger partial charge in [-0.3, -0.25) is 9.59 Å². The monoisotopic (exact) mass is 606 g/mol. The van der Waals surface area contributed by atoms with E-state index in [2.05, 4.69) is 10.6 Å². The molecule has 3 aromatic rings. The Kier molecular flexibility index (Phi) is 7.89. The maximum atomic E-state index is 13.2. The highest BCUT2D eigenvalue weighted by molar-refractivity contribution is 7.90. The van der Waals surface area contributed by atoms with Gasteiger partial charge in [0.1, 0.15) is 6.04 Å². The van der Waals surface area contributed by atoms with E-state index in [-0.39, 0.29) is 11.7 Å². The minimum Gasteiger partial charge on any atom is -0.371 e. The van der Waals surface area contributed by atoms with Crippen LogP contribution in [0, 0.1) is 0 Å². The second kappa shape index (κ2) is 11.2. The summed E-state index contributed by atoms with van der Waals surface area (Å²) < 4.78 is 64.8. The number of carbonyl (C=O) groups is 2. The molecule has 1 atom stereocenters. The number of nitrogens with one attached hydrogen (secondary N) is 2. The molecule has 0 aliphatic carbocycles. The van der Waals surface area contributed by atoms with E-state index in [9.17, 15) is 31.2 Å². The molecule has 216 valence electrons. The van der Waals surface area contributed by atoms with Crippen LogP contribution in [0.15, 0.2) is 66.7 Å². The molecular formula is C28H26ClF3N4O4S. The Morgan fingerprint density at radius 3 is 2.39 bits per heavy atom. The van der Waals surface area contributed by atoms with Gasteiger partial charge in [0, 0.05) is 42.5 Å². The molecule has 8 nitrogen and oxygen atoms in total. The van der Waals surface area contributed by atoms with Crippen LogP contribution in [0.25, 0.3) is 0 Å². The van der Waals surface area contributed by atoms with Crippen molar-refractivity contribution in [1.29, 1.82) is 0 Å². The first kappa shape index (κ1) is 28.7. The quantitative estimate of drug-likeness (QED) is 0.423. The molecule has 0 aromatic heterocycles. The van der Waals surface area contributed by atoms with Gasteiger partial charge in [0.25, 0.3) is 5.91 Å². The standard InChI is InChI=1S/C28H26ClF3N4O4S/c29-21-5-1-3-18(13-21)16-41(39,40)17-25-26(37)34-24-14-19(7-8-23(24)33-25)27(38)36-11-9-35(10-12-36)22-6-2-4-20(15-22)28(30,31)32/h1-8,13-15,25,33H,9-12,16-17H2,(H,34,37). The van der Waals surface area contributed by atoms with Crippen LogP contribution in [-0.4, -0.2) is 63.1 Å². The zero-order valence-electron chi connectivity index (χ0n) is 21.6. The Balaban J connectivity index is 1.21. The van der Waals surface area contributed by atoms with Crippen molar-refractivity contribution in [3.8, 4) is 0 Å².